The van der Waals surface area contributed by atoms with Crippen molar-refractivity contribution in [3.8, 4) is 5.75 Å². The van der Waals surface area contributed by atoms with Gasteiger partial charge in [0.1, 0.15) is 5.75 Å². The number of aryl methyl sites for hydroxylation is 1. The third-order valence-corrected chi connectivity index (χ3v) is 3.29. The highest BCUT2D eigenvalue weighted by molar-refractivity contribution is 5.76. The van der Waals surface area contributed by atoms with Crippen LogP contribution in [0.3, 0.4) is 0 Å². The average Bonchev–Trinajstić information content (AvgIpc) is 2.70. The fraction of sp³-hybridized carbons (Fsp3) is 0.533. The highest BCUT2D eigenvalue weighted by atomic mass is 16.5. The number of ether oxygens (including phenoxy) is 1. The SMILES string of the molecule is CC(C)NC(=O)CCOc1ccc2c(c1)CC[C@@H]2N. The second-order valence-corrected chi connectivity index (χ2v) is 5.33. The minimum atomic E-state index is 0.0261. The van der Waals surface area contributed by atoms with E-state index in [2.05, 4.69) is 5.32 Å². The van der Waals surface area contributed by atoms with Crippen LogP contribution in [0.4, 0.5) is 0 Å². The summed E-state index contributed by atoms with van der Waals surface area (Å²) in [6.07, 6.45) is 2.41. The number of hydrogen-bond donors (Lipinski definition) is 2. The molecule has 19 heavy (non-hydrogen) atoms. The Labute approximate surface area is 114 Å². The number of rotatable bonds is 5. The summed E-state index contributed by atoms with van der Waals surface area (Å²) in [6, 6.07) is 6.36. The van der Waals surface area contributed by atoms with Crippen molar-refractivity contribution < 1.29 is 9.53 Å². The molecule has 4 heteroatoms. The summed E-state index contributed by atoms with van der Waals surface area (Å²) >= 11 is 0. The van der Waals surface area contributed by atoms with E-state index in [-0.39, 0.29) is 18.0 Å². The van der Waals surface area contributed by atoms with Gasteiger partial charge in [-0.25, -0.2) is 0 Å². The molecular weight excluding hydrogens is 240 g/mol. The minimum absolute atomic E-state index is 0.0261. The van der Waals surface area contributed by atoms with E-state index >= 15 is 0 Å². The van der Waals surface area contributed by atoms with E-state index in [1.165, 1.54) is 11.1 Å². The number of nitrogens with one attached hydrogen (secondary N) is 1. The van der Waals surface area contributed by atoms with Gasteiger partial charge in [0.15, 0.2) is 0 Å². The number of benzene rings is 1. The predicted octanol–water partition coefficient (Wildman–Crippen LogP) is 1.93. The van der Waals surface area contributed by atoms with E-state index < -0.39 is 0 Å². The molecule has 2 rings (SSSR count). The summed E-state index contributed by atoms with van der Waals surface area (Å²) in [6.45, 7) is 4.30. The first kappa shape index (κ1) is 13.9. The lowest BCUT2D eigenvalue weighted by atomic mass is 10.1. The standard InChI is InChI=1S/C15H22N2O2/c1-10(2)17-15(18)7-8-19-12-4-5-13-11(9-12)3-6-14(13)16/h4-5,9-10,14H,3,6-8,16H2,1-2H3,(H,17,18)/t14-/m0/s1. The van der Waals surface area contributed by atoms with Gasteiger partial charge in [-0.1, -0.05) is 6.07 Å². The Balaban J connectivity index is 1.83. The number of amides is 1. The van der Waals surface area contributed by atoms with Gasteiger partial charge in [0.05, 0.1) is 13.0 Å². The van der Waals surface area contributed by atoms with E-state index in [0.717, 1.165) is 18.6 Å². The third kappa shape index (κ3) is 3.70. The van der Waals surface area contributed by atoms with Crippen LogP contribution >= 0.6 is 0 Å². The summed E-state index contributed by atoms with van der Waals surface area (Å²) in [5.74, 6) is 0.850. The number of carbonyl (C=O) groups excluding carboxylic acids is 1. The number of carbonyl (C=O) groups is 1. The Morgan fingerprint density at radius 2 is 2.32 bits per heavy atom. The molecule has 0 fully saturated rings. The van der Waals surface area contributed by atoms with Crippen molar-refractivity contribution in [2.75, 3.05) is 6.61 Å². The first-order valence-corrected chi connectivity index (χ1v) is 6.87. The van der Waals surface area contributed by atoms with Crippen LogP contribution in [0.25, 0.3) is 0 Å². The number of hydrogen-bond acceptors (Lipinski definition) is 3. The van der Waals surface area contributed by atoms with Crippen LogP contribution in [0.1, 0.15) is 43.9 Å². The summed E-state index contributed by atoms with van der Waals surface area (Å²) < 4.78 is 5.62. The second kappa shape index (κ2) is 6.06. The van der Waals surface area contributed by atoms with E-state index in [4.69, 9.17) is 10.5 Å². The summed E-state index contributed by atoms with van der Waals surface area (Å²) in [4.78, 5) is 11.5. The average molecular weight is 262 g/mol. The molecule has 1 atom stereocenters. The molecule has 1 aliphatic rings. The monoisotopic (exact) mass is 262 g/mol. The quantitative estimate of drug-likeness (QED) is 0.852. The van der Waals surface area contributed by atoms with E-state index in [1.807, 2.05) is 32.0 Å². The molecule has 4 nitrogen and oxygen atoms in total. The van der Waals surface area contributed by atoms with E-state index in [1.54, 1.807) is 0 Å². The lowest BCUT2D eigenvalue weighted by Crippen LogP contribution is -2.31. The highest BCUT2D eigenvalue weighted by Gasteiger charge is 2.19. The topological polar surface area (TPSA) is 64.3 Å². The largest absolute Gasteiger partial charge is 0.493 e. The van der Waals surface area contributed by atoms with Crippen molar-refractivity contribution in [2.24, 2.45) is 5.73 Å². The van der Waals surface area contributed by atoms with Gasteiger partial charge in [-0.05, 0) is 49.9 Å². The maximum atomic E-state index is 11.5. The van der Waals surface area contributed by atoms with Crippen molar-refractivity contribution in [1.82, 2.24) is 5.32 Å². The molecule has 0 radical (unpaired) electrons. The fourth-order valence-corrected chi connectivity index (χ4v) is 2.37. The lowest BCUT2D eigenvalue weighted by Gasteiger charge is -2.10. The Bertz CT molecular complexity index is 457. The normalized spacial score (nSPS) is 17.4. The minimum Gasteiger partial charge on any atom is -0.493 e. The van der Waals surface area contributed by atoms with Crippen molar-refractivity contribution in [1.29, 1.82) is 0 Å². The van der Waals surface area contributed by atoms with Crippen LogP contribution in [-0.2, 0) is 11.2 Å². The number of nitrogens with two attached hydrogens (primary N) is 1. The Morgan fingerprint density at radius 3 is 3.05 bits per heavy atom. The van der Waals surface area contributed by atoms with Crippen molar-refractivity contribution in [3.63, 3.8) is 0 Å². The van der Waals surface area contributed by atoms with Crippen LogP contribution in [0, 0.1) is 0 Å². The molecule has 0 heterocycles. The fourth-order valence-electron chi connectivity index (χ4n) is 2.37. The van der Waals surface area contributed by atoms with Gasteiger partial charge in [0, 0.05) is 12.1 Å². The number of fused-ring (bicyclic) bond motifs is 1. The molecule has 0 spiro atoms. The summed E-state index contributed by atoms with van der Waals surface area (Å²) in [5.41, 5.74) is 8.49. The van der Waals surface area contributed by atoms with Crippen LogP contribution in [0.5, 0.6) is 5.75 Å². The van der Waals surface area contributed by atoms with Gasteiger partial charge in [-0.15, -0.1) is 0 Å². The maximum absolute atomic E-state index is 11.5. The van der Waals surface area contributed by atoms with Gasteiger partial charge >= 0.3 is 0 Å². The smallest absolute Gasteiger partial charge is 0.223 e. The Hall–Kier alpha value is -1.55. The molecule has 0 aliphatic heterocycles. The zero-order valence-electron chi connectivity index (χ0n) is 11.6. The van der Waals surface area contributed by atoms with Crippen LogP contribution in [-0.4, -0.2) is 18.6 Å². The molecule has 0 saturated heterocycles. The van der Waals surface area contributed by atoms with Crippen LogP contribution < -0.4 is 15.8 Å². The highest BCUT2D eigenvalue weighted by Crippen LogP contribution is 2.31. The van der Waals surface area contributed by atoms with Crippen molar-refractivity contribution >= 4 is 5.91 Å². The van der Waals surface area contributed by atoms with Crippen molar-refractivity contribution in [2.45, 2.75) is 45.2 Å². The first-order chi connectivity index (χ1) is 9.06. The van der Waals surface area contributed by atoms with Crippen LogP contribution in [0.15, 0.2) is 18.2 Å². The Kier molecular flexibility index (Phi) is 4.43. The molecule has 1 amide bonds. The van der Waals surface area contributed by atoms with Gasteiger partial charge < -0.3 is 15.8 Å². The molecule has 0 saturated carbocycles. The zero-order chi connectivity index (χ0) is 13.8. The maximum Gasteiger partial charge on any atom is 0.223 e. The van der Waals surface area contributed by atoms with Crippen molar-refractivity contribution in [3.05, 3.63) is 29.3 Å². The predicted molar refractivity (Wildman–Crippen MR) is 75.1 cm³/mol. The Morgan fingerprint density at radius 1 is 1.53 bits per heavy atom. The molecule has 0 aromatic heterocycles. The van der Waals surface area contributed by atoms with Gasteiger partial charge in [0.2, 0.25) is 5.91 Å². The molecular formula is C15H22N2O2. The van der Waals surface area contributed by atoms with Crippen LogP contribution in [0.2, 0.25) is 0 Å². The molecule has 3 N–H and O–H groups in total. The summed E-state index contributed by atoms with van der Waals surface area (Å²) in [7, 11) is 0. The van der Waals surface area contributed by atoms with Gasteiger partial charge in [-0.3, -0.25) is 4.79 Å². The zero-order valence-corrected chi connectivity index (χ0v) is 11.6. The summed E-state index contributed by atoms with van der Waals surface area (Å²) in [5, 5.41) is 2.84. The third-order valence-electron chi connectivity index (χ3n) is 3.29. The molecule has 1 aromatic rings. The van der Waals surface area contributed by atoms with E-state index in [0.29, 0.717) is 13.0 Å². The molecule has 0 bridgehead atoms. The molecule has 0 unspecified atom stereocenters. The van der Waals surface area contributed by atoms with E-state index in [9.17, 15) is 4.79 Å². The first-order valence-electron chi connectivity index (χ1n) is 6.87. The second-order valence-electron chi connectivity index (χ2n) is 5.33. The molecule has 1 aliphatic carbocycles. The lowest BCUT2D eigenvalue weighted by molar-refractivity contribution is -0.122. The molecule has 1 aromatic carbocycles. The molecule has 104 valence electrons. The van der Waals surface area contributed by atoms with Gasteiger partial charge in [0.25, 0.3) is 0 Å². The van der Waals surface area contributed by atoms with Gasteiger partial charge in [-0.2, -0.15) is 0 Å².